The van der Waals surface area contributed by atoms with Crippen LogP contribution in [0.5, 0.6) is 5.88 Å². The van der Waals surface area contributed by atoms with Crippen LogP contribution < -0.4 is 9.64 Å². The molecule has 0 radical (unpaired) electrons. The van der Waals surface area contributed by atoms with E-state index in [2.05, 4.69) is 11.1 Å². The molecule has 6 rings (SSSR count). The van der Waals surface area contributed by atoms with Gasteiger partial charge in [0.1, 0.15) is 5.60 Å². The van der Waals surface area contributed by atoms with Gasteiger partial charge >= 0.3 is 0 Å². The number of carbonyl (C=O) groups is 2. The zero-order valence-corrected chi connectivity index (χ0v) is 20.1. The lowest BCUT2D eigenvalue weighted by molar-refractivity contribution is -0.134. The summed E-state index contributed by atoms with van der Waals surface area (Å²) in [5.74, 6) is -1.96. The minimum absolute atomic E-state index is 0.182. The summed E-state index contributed by atoms with van der Waals surface area (Å²) in [6.45, 7) is 1.89. The molecule has 36 heavy (non-hydrogen) atoms. The second-order valence-corrected chi connectivity index (χ2v) is 10.2. The molecule has 3 aliphatic heterocycles. The number of hydrogen-bond donors (Lipinski definition) is 1. The summed E-state index contributed by atoms with van der Waals surface area (Å²) in [5, 5.41) is 22.2. The topological polar surface area (TPSA) is 113 Å². The van der Waals surface area contributed by atoms with Gasteiger partial charge in [0.2, 0.25) is 17.7 Å². The number of rotatable bonds is 5. The van der Waals surface area contributed by atoms with E-state index in [-0.39, 0.29) is 18.9 Å². The summed E-state index contributed by atoms with van der Waals surface area (Å²) in [6, 6.07) is 15.9. The van der Waals surface area contributed by atoms with Gasteiger partial charge in [-0.1, -0.05) is 35.9 Å². The van der Waals surface area contributed by atoms with Gasteiger partial charge in [-0.05, 0) is 25.1 Å². The number of ether oxygens (including phenoxy) is 2. The minimum Gasteiger partial charge on any atom is -0.478 e. The van der Waals surface area contributed by atoms with Crippen LogP contribution in [-0.4, -0.2) is 45.8 Å². The standard InChI is InChI=1S/C27H22ClN3O5/c1-26-20(32)12-27(36-26,10-11-35-21-9-7-16(28)14-30-21)23-22(26)24(33)31(25(23)34)19-8-6-15(13-29)17-4-2-3-5-18(17)19/h2-9,14,20,22-23,32H,10-12H2,1H3/t20?,22-,23+,26-,27+/m0/s1. The van der Waals surface area contributed by atoms with Gasteiger partial charge in [0.15, 0.2) is 0 Å². The largest absolute Gasteiger partial charge is 0.478 e. The lowest BCUT2D eigenvalue weighted by Gasteiger charge is -2.33. The maximum atomic E-state index is 13.9. The molecule has 1 unspecified atom stereocenters. The third-order valence-corrected chi connectivity index (χ3v) is 8.08. The molecule has 182 valence electrons. The first-order chi connectivity index (χ1) is 17.3. The second-order valence-electron chi connectivity index (χ2n) is 9.74. The van der Waals surface area contributed by atoms with Gasteiger partial charge in [0, 0.05) is 35.9 Å². The van der Waals surface area contributed by atoms with Crippen LogP contribution in [0.4, 0.5) is 5.69 Å². The Morgan fingerprint density at radius 1 is 1.17 bits per heavy atom. The minimum atomic E-state index is -1.19. The smallest absolute Gasteiger partial charge is 0.240 e. The van der Waals surface area contributed by atoms with E-state index in [4.69, 9.17) is 21.1 Å². The number of halogens is 1. The number of amides is 2. The van der Waals surface area contributed by atoms with Crippen molar-refractivity contribution in [2.45, 2.75) is 37.1 Å². The van der Waals surface area contributed by atoms with Crippen molar-refractivity contribution in [1.82, 2.24) is 4.98 Å². The molecule has 2 amide bonds. The number of aromatic nitrogens is 1. The lowest BCUT2D eigenvalue weighted by Crippen LogP contribution is -2.49. The number of fused-ring (bicyclic) bond motifs is 6. The zero-order valence-electron chi connectivity index (χ0n) is 19.3. The van der Waals surface area contributed by atoms with Crippen molar-refractivity contribution < 1.29 is 24.2 Å². The quantitative estimate of drug-likeness (QED) is 0.529. The van der Waals surface area contributed by atoms with Crippen molar-refractivity contribution in [2.24, 2.45) is 11.8 Å². The number of benzene rings is 2. The summed E-state index contributed by atoms with van der Waals surface area (Å²) >= 11 is 5.88. The van der Waals surface area contributed by atoms with E-state index in [1.54, 1.807) is 49.4 Å². The van der Waals surface area contributed by atoms with Crippen molar-refractivity contribution in [3.8, 4) is 11.9 Å². The van der Waals surface area contributed by atoms with Gasteiger partial charge in [0.25, 0.3) is 0 Å². The van der Waals surface area contributed by atoms with Crippen molar-refractivity contribution in [3.63, 3.8) is 0 Å². The van der Waals surface area contributed by atoms with Crippen LogP contribution in [0.3, 0.4) is 0 Å². The first-order valence-corrected chi connectivity index (χ1v) is 12.1. The van der Waals surface area contributed by atoms with E-state index in [1.165, 1.54) is 11.1 Å². The van der Waals surface area contributed by atoms with E-state index in [0.717, 1.165) is 0 Å². The molecule has 0 saturated carbocycles. The highest BCUT2D eigenvalue weighted by molar-refractivity contribution is 6.30. The van der Waals surface area contributed by atoms with Crippen LogP contribution >= 0.6 is 11.6 Å². The van der Waals surface area contributed by atoms with E-state index in [0.29, 0.717) is 39.3 Å². The Labute approximate surface area is 212 Å². The number of aliphatic hydroxyl groups excluding tert-OH is 1. The molecule has 0 aliphatic carbocycles. The third-order valence-electron chi connectivity index (χ3n) is 7.85. The highest BCUT2D eigenvalue weighted by atomic mass is 35.5. The Morgan fingerprint density at radius 2 is 1.92 bits per heavy atom. The fourth-order valence-corrected chi connectivity index (χ4v) is 6.33. The van der Waals surface area contributed by atoms with Crippen molar-refractivity contribution in [3.05, 3.63) is 65.3 Å². The summed E-state index contributed by atoms with van der Waals surface area (Å²) in [7, 11) is 0. The first-order valence-electron chi connectivity index (χ1n) is 11.7. The fourth-order valence-electron chi connectivity index (χ4n) is 6.21. The molecule has 0 spiro atoms. The van der Waals surface area contributed by atoms with E-state index in [1.807, 2.05) is 6.07 Å². The normalized spacial score (nSPS) is 30.6. The third kappa shape index (κ3) is 3.10. The molecule has 2 bridgehead atoms. The van der Waals surface area contributed by atoms with Crippen LogP contribution in [-0.2, 0) is 14.3 Å². The van der Waals surface area contributed by atoms with E-state index in [9.17, 15) is 20.0 Å². The Morgan fingerprint density at radius 3 is 2.64 bits per heavy atom. The Balaban J connectivity index is 1.35. The number of nitriles is 1. The van der Waals surface area contributed by atoms with Crippen LogP contribution in [0.1, 0.15) is 25.3 Å². The molecular weight excluding hydrogens is 482 g/mol. The van der Waals surface area contributed by atoms with Gasteiger partial charge in [-0.3, -0.25) is 9.59 Å². The average Bonchev–Trinajstić information content (AvgIpc) is 3.41. The summed E-state index contributed by atoms with van der Waals surface area (Å²) in [6.07, 6.45) is 1.10. The molecule has 2 aromatic carbocycles. The molecular formula is C27H22ClN3O5. The van der Waals surface area contributed by atoms with Crippen LogP contribution in [0.2, 0.25) is 5.02 Å². The molecule has 3 aliphatic rings. The maximum absolute atomic E-state index is 13.9. The van der Waals surface area contributed by atoms with Crippen LogP contribution in [0.15, 0.2) is 54.7 Å². The van der Waals surface area contributed by atoms with Crippen LogP contribution in [0, 0.1) is 23.2 Å². The number of pyridine rings is 1. The number of carbonyl (C=O) groups excluding carboxylic acids is 2. The van der Waals surface area contributed by atoms with Crippen molar-refractivity contribution in [2.75, 3.05) is 11.5 Å². The highest BCUT2D eigenvalue weighted by Gasteiger charge is 2.77. The predicted molar refractivity (Wildman–Crippen MR) is 130 cm³/mol. The van der Waals surface area contributed by atoms with Crippen molar-refractivity contribution >= 4 is 39.9 Å². The number of anilines is 1. The Kier molecular flexibility index (Phi) is 5.09. The second kappa shape index (κ2) is 8.00. The number of hydrogen-bond acceptors (Lipinski definition) is 7. The van der Waals surface area contributed by atoms with Gasteiger partial charge in [-0.25, -0.2) is 9.88 Å². The monoisotopic (exact) mass is 503 g/mol. The lowest BCUT2D eigenvalue weighted by atomic mass is 9.66. The first kappa shape index (κ1) is 22.9. The van der Waals surface area contributed by atoms with E-state index < -0.39 is 35.0 Å². The summed E-state index contributed by atoms with van der Waals surface area (Å²) in [4.78, 5) is 33.1. The molecule has 3 saturated heterocycles. The molecule has 8 nitrogen and oxygen atoms in total. The molecule has 1 N–H and O–H groups in total. The predicted octanol–water partition coefficient (Wildman–Crippen LogP) is 3.63. The Hall–Kier alpha value is -3.51. The number of imide groups is 1. The summed E-state index contributed by atoms with van der Waals surface area (Å²) < 4.78 is 12.1. The van der Waals surface area contributed by atoms with Gasteiger partial charge in [-0.15, -0.1) is 0 Å². The van der Waals surface area contributed by atoms with Gasteiger partial charge in [0.05, 0.1) is 52.5 Å². The molecule has 3 aromatic rings. The summed E-state index contributed by atoms with van der Waals surface area (Å²) in [5.41, 5.74) is -1.34. The number of aliphatic hydroxyl groups is 1. The zero-order chi connectivity index (χ0) is 25.2. The highest BCUT2D eigenvalue weighted by Crippen LogP contribution is 2.62. The molecule has 1 aromatic heterocycles. The SMILES string of the molecule is C[C@]12O[C@](CCOc3ccc(Cl)cn3)(CC1O)[C@H]1C(=O)N(c3ccc(C#N)c4ccccc34)C(=O)[C@H]12. The molecule has 9 heteroatoms. The number of nitrogens with zero attached hydrogens (tertiary/aromatic N) is 3. The molecule has 4 heterocycles. The van der Waals surface area contributed by atoms with Crippen LogP contribution in [0.25, 0.3) is 10.8 Å². The molecule has 3 fully saturated rings. The Bertz CT molecular complexity index is 1450. The molecule has 5 atom stereocenters. The van der Waals surface area contributed by atoms with Gasteiger partial charge < -0.3 is 14.6 Å². The maximum Gasteiger partial charge on any atom is 0.240 e. The van der Waals surface area contributed by atoms with Crippen molar-refractivity contribution in [1.29, 1.82) is 5.26 Å². The van der Waals surface area contributed by atoms with E-state index >= 15 is 0 Å². The van der Waals surface area contributed by atoms with Gasteiger partial charge in [-0.2, -0.15) is 5.26 Å². The fraction of sp³-hybridized carbons (Fsp3) is 0.333. The average molecular weight is 504 g/mol.